The second kappa shape index (κ2) is 6.56. The first-order valence-corrected chi connectivity index (χ1v) is 8.79. The number of hydrogen-bond acceptors (Lipinski definition) is 5. The SMILES string of the molecule is COc1cc(N)c(Cl)cc1C(=O)N[C@H]1CCN2CCS[C@@H]1C2. The molecular formula is C15H20ClN3O2S. The number of piperidine rings is 1. The van der Waals surface area contributed by atoms with Crippen LogP contribution in [0.1, 0.15) is 16.8 Å². The molecule has 1 unspecified atom stereocenters. The summed E-state index contributed by atoms with van der Waals surface area (Å²) >= 11 is 7.99. The number of methoxy groups -OCH3 is 1. The van der Waals surface area contributed by atoms with E-state index in [1.807, 2.05) is 11.8 Å². The molecule has 1 aromatic rings. The van der Waals surface area contributed by atoms with Gasteiger partial charge in [0.2, 0.25) is 0 Å². The lowest BCUT2D eigenvalue weighted by Gasteiger charge is -2.42. The fourth-order valence-electron chi connectivity index (χ4n) is 3.01. The highest BCUT2D eigenvalue weighted by Crippen LogP contribution is 2.31. The molecule has 3 rings (SSSR count). The summed E-state index contributed by atoms with van der Waals surface area (Å²) in [6.07, 6.45) is 0.981. The average molecular weight is 342 g/mol. The summed E-state index contributed by atoms with van der Waals surface area (Å²) in [6, 6.07) is 3.36. The van der Waals surface area contributed by atoms with Gasteiger partial charge in [0.25, 0.3) is 5.91 Å². The molecule has 2 bridgehead atoms. The van der Waals surface area contributed by atoms with Crippen molar-refractivity contribution < 1.29 is 9.53 Å². The lowest BCUT2D eigenvalue weighted by Crippen LogP contribution is -2.55. The van der Waals surface area contributed by atoms with Crippen molar-refractivity contribution in [2.75, 3.05) is 38.2 Å². The van der Waals surface area contributed by atoms with Gasteiger partial charge in [-0.15, -0.1) is 0 Å². The number of benzene rings is 1. The Kier molecular flexibility index (Phi) is 4.70. The van der Waals surface area contributed by atoms with E-state index >= 15 is 0 Å². The van der Waals surface area contributed by atoms with E-state index in [0.29, 0.717) is 27.3 Å². The Morgan fingerprint density at radius 3 is 3.09 bits per heavy atom. The van der Waals surface area contributed by atoms with Crippen LogP contribution in [0.2, 0.25) is 5.02 Å². The van der Waals surface area contributed by atoms with E-state index in [2.05, 4.69) is 10.2 Å². The van der Waals surface area contributed by atoms with Gasteiger partial charge in [-0.1, -0.05) is 11.6 Å². The third-order valence-electron chi connectivity index (χ3n) is 4.26. The second-order valence-corrected chi connectivity index (χ2v) is 7.41. The summed E-state index contributed by atoms with van der Waals surface area (Å²) in [7, 11) is 1.52. The standard InChI is InChI=1S/C15H20ClN3O2S/c1-21-13-7-11(17)10(16)6-9(13)15(20)18-12-2-3-19-4-5-22-14(12)8-19/h6-7,12,14H,2-5,8,17H2,1H3,(H,18,20)/t12-,14+/m0/s1. The second-order valence-electron chi connectivity index (χ2n) is 5.65. The highest BCUT2D eigenvalue weighted by molar-refractivity contribution is 8.00. The molecule has 2 aliphatic heterocycles. The number of carbonyl (C=O) groups excluding carboxylic acids is 1. The first kappa shape index (κ1) is 15.8. The molecule has 5 nitrogen and oxygen atoms in total. The summed E-state index contributed by atoms with van der Waals surface area (Å²) in [4.78, 5) is 15.1. The third-order valence-corrected chi connectivity index (χ3v) is 5.91. The van der Waals surface area contributed by atoms with Gasteiger partial charge in [0.1, 0.15) is 5.75 Å². The van der Waals surface area contributed by atoms with Gasteiger partial charge in [-0.2, -0.15) is 11.8 Å². The Hall–Kier alpha value is -1.11. The van der Waals surface area contributed by atoms with Crippen LogP contribution in [0.5, 0.6) is 5.75 Å². The molecule has 1 amide bonds. The van der Waals surface area contributed by atoms with Crippen molar-refractivity contribution >= 4 is 35.0 Å². The molecule has 0 spiro atoms. The Morgan fingerprint density at radius 2 is 2.32 bits per heavy atom. The topological polar surface area (TPSA) is 67.6 Å². The highest BCUT2D eigenvalue weighted by Gasteiger charge is 2.33. The Bertz CT molecular complexity index is 584. The molecule has 2 saturated heterocycles. The molecule has 3 atom stereocenters. The summed E-state index contributed by atoms with van der Waals surface area (Å²) in [6.45, 7) is 3.25. The summed E-state index contributed by atoms with van der Waals surface area (Å²) in [5.41, 5.74) is 6.61. The molecule has 0 aliphatic carbocycles. The lowest BCUT2D eigenvalue weighted by molar-refractivity contribution is 0.0910. The van der Waals surface area contributed by atoms with Crippen LogP contribution < -0.4 is 15.8 Å². The van der Waals surface area contributed by atoms with E-state index < -0.39 is 0 Å². The van der Waals surface area contributed by atoms with Gasteiger partial charge in [0, 0.05) is 42.7 Å². The number of nitrogens with zero attached hydrogens (tertiary/aromatic N) is 1. The van der Waals surface area contributed by atoms with Crippen molar-refractivity contribution in [1.82, 2.24) is 10.2 Å². The quantitative estimate of drug-likeness (QED) is 0.821. The molecule has 3 N–H and O–H groups in total. The monoisotopic (exact) mass is 341 g/mol. The van der Waals surface area contributed by atoms with Crippen LogP contribution in [0.3, 0.4) is 0 Å². The van der Waals surface area contributed by atoms with E-state index in [-0.39, 0.29) is 11.9 Å². The van der Waals surface area contributed by atoms with Gasteiger partial charge in [-0.05, 0) is 12.5 Å². The summed E-state index contributed by atoms with van der Waals surface area (Å²) < 4.78 is 5.26. The highest BCUT2D eigenvalue weighted by atomic mass is 35.5. The largest absolute Gasteiger partial charge is 0.496 e. The van der Waals surface area contributed by atoms with Crippen LogP contribution in [0.4, 0.5) is 5.69 Å². The van der Waals surface area contributed by atoms with E-state index in [0.717, 1.165) is 31.8 Å². The first-order valence-electron chi connectivity index (χ1n) is 7.36. The number of thioether (sulfide) groups is 1. The first-order chi connectivity index (χ1) is 10.6. The summed E-state index contributed by atoms with van der Waals surface area (Å²) in [5.74, 6) is 1.44. The van der Waals surface area contributed by atoms with Crippen molar-refractivity contribution in [3.05, 3.63) is 22.7 Å². The number of fused-ring (bicyclic) bond motifs is 2. The predicted octanol–water partition coefficient (Wildman–Crippen LogP) is 1.85. The van der Waals surface area contributed by atoms with Crippen molar-refractivity contribution in [3.63, 3.8) is 0 Å². The van der Waals surface area contributed by atoms with Crippen LogP contribution in [0.15, 0.2) is 12.1 Å². The minimum absolute atomic E-state index is 0.150. The van der Waals surface area contributed by atoms with E-state index in [4.69, 9.17) is 22.1 Å². The van der Waals surface area contributed by atoms with E-state index in [9.17, 15) is 4.79 Å². The third kappa shape index (κ3) is 3.14. The minimum atomic E-state index is -0.150. The number of nitrogen functional groups attached to an aromatic ring is 1. The fraction of sp³-hybridized carbons (Fsp3) is 0.533. The van der Waals surface area contributed by atoms with Crippen LogP contribution in [0.25, 0.3) is 0 Å². The van der Waals surface area contributed by atoms with Gasteiger partial charge < -0.3 is 20.7 Å². The smallest absolute Gasteiger partial charge is 0.255 e. The molecule has 2 heterocycles. The number of nitrogens with two attached hydrogens (primary N) is 1. The van der Waals surface area contributed by atoms with Crippen LogP contribution in [0, 0.1) is 0 Å². The molecule has 0 aromatic heterocycles. The molecule has 22 heavy (non-hydrogen) atoms. The molecule has 7 heteroatoms. The predicted molar refractivity (Wildman–Crippen MR) is 91.0 cm³/mol. The number of ether oxygens (including phenoxy) is 1. The van der Waals surface area contributed by atoms with Crippen LogP contribution in [-0.4, -0.2) is 54.6 Å². The maximum atomic E-state index is 12.6. The van der Waals surface area contributed by atoms with E-state index in [1.165, 1.54) is 7.11 Å². The van der Waals surface area contributed by atoms with Crippen molar-refractivity contribution in [1.29, 1.82) is 0 Å². The van der Waals surface area contributed by atoms with Crippen molar-refractivity contribution in [3.8, 4) is 5.75 Å². The van der Waals surface area contributed by atoms with Gasteiger partial charge in [0.15, 0.2) is 0 Å². The van der Waals surface area contributed by atoms with E-state index in [1.54, 1.807) is 12.1 Å². The molecule has 0 saturated carbocycles. The zero-order chi connectivity index (χ0) is 15.7. The normalized spacial score (nSPS) is 27.3. The molecule has 2 aliphatic rings. The minimum Gasteiger partial charge on any atom is -0.496 e. The van der Waals surface area contributed by atoms with Gasteiger partial charge >= 0.3 is 0 Å². The molecule has 2 fully saturated rings. The van der Waals surface area contributed by atoms with Crippen LogP contribution >= 0.6 is 23.4 Å². The van der Waals surface area contributed by atoms with Gasteiger partial charge in [0.05, 0.1) is 23.4 Å². The van der Waals surface area contributed by atoms with Crippen molar-refractivity contribution in [2.45, 2.75) is 17.7 Å². The number of hydrogen-bond donors (Lipinski definition) is 2. The fourth-order valence-corrected chi connectivity index (χ4v) is 4.60. The Morgan fingerprint density at radius 1 is 1.50 bits per heavy atom. The molecular weight excluding hydrogens is 322 g/mol. The number of halogens is 1. The Balaban J connectivity index is 1.75. The summed E-state index contributed by atoms with van der Waals surface area (Å²) in [5, 5.41) is 3.97. The number of rotatable bonds is 3. The molecule has 1 aromatic carbocycles. The number of carbonyl (C=O) groups is 1. The number of amides is 1. The molecule has 0 radical (unpaired) electrons. The number of anilines is 1. The average Bonchev–Trinajstić information content (AvgIpc) is 2.52. The molecule has 120 valence electrons. The zero-order valence-electron chi connectivity index (χ0n) is 12.5. The maximum Gasteiger partial charge on any atom is 0.255 e. The lowest BCUT2D eigenvalue weighted by atomic mass is 10.0. The Labute approximate surface area is 139 Å². The van der Waals surface area contributed by atoms with Gasteiger partial charge in [-0.3, -0.25) is 4.79 Å². The maximum absolute atomic E-state index is 12.6. The van der Waals surface area contributed by atoms with Crippen LogP contribution in [-0.2, 0) is 0 Å². The zero-order valence-corrected chi connectivity index (χ0v) is 14.0. The van der Waals surface area contributed by atoms with Crippen molar-refractivity contribution in [2.24, 2.45) is 0 Å². The van der Waals surface area contributed by atoms with Gasteiger partial charge in [-0.25, -0.2) is 0 Å². The number of nitrogens with one attached hydrogen (secondary N) is 1.